The lowest BCUT2D eigenvalue weighted by molar-refractivity contribution is -0.137. The van der Waals surface area contributed by atoms with Crippen molar-refractivity contribution < 1.29 is 9.90 Å². The highest BCUT2D eigenvalue weighted by molar-refractivity contribution is 6.39. The third kappa shape index (κ3) is 2.98. The van der Waals surface area contributed by atoms with E-state index in [0.717, 1.165) is 10.9 Å². The van der Waals surface area contributed by atoms with Gasteiger partial charge >= 0.3 is 5.97 Å². The molecule has 0 unspecified atom stereocenters. The molecule has 0 radical (unpaired) electrons. The van der Waals surface area contributed by atoms with Gasteiger partial charge in [0, 0.05) is 6.54 Å². The van der Waals surface area contributed by atoms with E-state index in [-0.39, 0.29) is 11.7 Å². The zero-order valence-electron chi connectivity index (χ0n) is 11.7. The number of hydrogen-bond acceptors (Lipinski definition) is 3. The Bertz CT molecular complexity index is 761. The number of aliphatic carboxylic acids is 1. The zero-order valence-corrected chi connectivity index (χ0v) is 13.2. The van der Waals surface area contributed by atoms with Crippen LogP contribution in [0.5, 0.6) is 0 Å². The molecule has 0 fully saturated rings. The van der Waals surface area contributed by atoms with Crippen molar-refractivity contribution in [3.8, 4) is 0 Å². The predicted molar refractivity (Wildman–Crippen MR) is 87.4 cm³/mol. The quantitative estimate of drug-likeness (QED) is 0.866. The van der Waals surface area contributed by atoms with Crippen molar-refractivity contribution in [1.29, 1.82) is 0 Å². The Morgan fingerprint density at radius 3 is 2.45 bits per heavy atom. The van der Waals surface area contributed by atoms with Crippen LogP contribution in [0.4, 0.5) is 0 Å². The van der Waals surface area contributed by atoms with E-state index in [4.69, 9.17) is 28.3 Å². The Kier molecular flexibility index (Phi) is 4.14. The molecule has 0 amide bonds. The van der Waals surface area contributed by atoms with Gasteiger partial charge in [-0.1, -0.05) is 59.6 Å². The van der Waals surface area contributed by atoms with Crippen molar-refractivity contribution in [3.05, 3.63) is 58.3 Å². The summed E-state index contributed by atoms with van der Waals surface area (Å²) in [6.45, 7) is 0.788. The van der Waals surface area contributed by atoms with Crippen LogP contribution in [0, 0.1) is 0 Å². The van der Waals surface area contributed by atoms with Crippen molar-refractivity contribution in [2.45, 2.75) is 6.54 Å². The molecule has 0 aromatic heterocycles. The van der Waals surface area contributed by atoms with Crippen molar-refractivity contribution in [3.63, 3.8) is 0 Å². The van der Waals surface area contributed by atoms with Gasteiger partial charge in [-0.2, -0.15) is 0 Å². The van der Waals surface area contributed by atoms with Crippen LogP contribution in [0.3, 0.4) is 0 Å². The van der Waals surface area contributed by atoms with Gasteiger partial charge in [-0.15, -0.1) is 0 Å². The van der Waals surface area contributed by atoms with Crippen LogP contribution in [0.25, 0.3) is 10.8 Å². The fraction of sp³-hybridized carbons (Fsp3) is 0.188. The average Bonchev–Trinajstić information content (AvgIpc) is 2.75. The van der Waals surface area contributed by atoms with Crippen molar-refractivity contribution >= 4 is 39.9 Å². The fourth-order valence-corrected chi connectivity index (χ4v) is 3.02. The summed E-state index contributed by atoms with van der Waals surface area (Å²) >= 11 is 12.3. The van der Waals surface area contributed by atoms with E-state index in [1.54, 1.807) is 0 Å². The molecule has 1 aliphatic rings. The van der Waals surface area contributed by atoms with Crippen LogP contribution in [-0.2, 0) is 11.3 Å². The minimum atomic E-state index is -0.935. The summed E-state index contributed by atoms with van der Waals surface area (Å²) in [5.74, 6) is -0.935. The van der Waals surface area contributed by atoms with Crippen LogP contribution in [0.2, 0.25) is 0 Å². The number of carboxylic acids is 1. The summed E-state index contributed by atoms with van der Waals surface area (Å²) in [4.78, 5) is 14.2. The van der Waals surface area contributed by atoms with Crippen molar-refractivity contribution in [2.24, 2.45) is 0 Å². The van der Waals surface area contributed by atoms with Crippen molar-refractivity contribution in [2.75, 3.05) is 13.2 Å². The number of hydrogen-bond donors (Lipinski definition) is 1. The van der Waals surface area contributed by atoms with Crippen LogP contribution >= 0.6 is 23.2 Å². The molecule has 2 aromatic rings. The Morgan fingerprint density at radius 1 is 1.05 bits per heavy atom. The van der Waals surface area contributed by atoms with E-state index >= 15 is 0 Å². The molecule has 0 saturated heterocycles. The summed E-state index contributed by atoms with van der Waals surface area (Å²) in [5, 5.41) is 11.9. The molecule has 0 spiro atoms. The summed E-state index contributed by atoms with van der Waals surface area (Å²) < 4.78 is 0. The maximum absolute atomic E-state index is 10.8. The van der Waals surface area contributed by atoms with Crippen LogP contribution in [0.1, 0.15) is 5.56 Å². The number of rotatable bonds is 4. The van der Waals surface area contributed by atoms with E-state index in [1.165, 1.54) is 10.3 Å². The highest BCUT2D eigenvalue weighted by Crippen LogP contribution is 2.31. The molecule has 3 rings (SSSR count). The molecule has 0 bridgehead atoms. The molecule has 4 nitrogen and oxygen atoms in total. The van der Waals surface area contributed by atoms with Gasteiger partial charge in [0.15, 0.2) is 0 Å². The second kappa shape index (κ2) is 6.07. The largest absolute Gasteiger partial charge is 0.480 e. The van der Waals surface area contributed by atoms with E-state index in [2.05, 4.69) is 24.3 Å². The standard InChI is InChI=1S/C16H14Cl2N2O2/c17-15-16(18)20(9-14(21)22)10-19(15)8-11-5-6-12-3-1-2-4-13(12)7-11/h1-7H,8-10H2,(H,21,22). The molecule has 114 valence electrons. The molecular formula is C16H14Cl2N2O2. The first-order valence-electron chi connectivity index (χ1n) is 6.79. The number of carboxylic acid groups (broad SMARTS) is 1. The average molecular weight is 337 g/mol. The smallest absolute Gasteiger partial charge is 0.323 e. The SMILES string of the molecule is O=C(O)CN1CN(Cc2ccc3ccccc3c2)C(Cl)=C1Cl. The summed E-state index contributed by atoms with van der Waals surface area (Å²) in [6.07, 6.45) is 0. The Hall–Kier alpha value is -1.91. The lowest BCUT2D eigenvalue weighted by atomic mass is 10.1. The monoisotopic (exact) mass is 336 g/mol. The third-order valence-electron chi connectivity index (χ3n) is 3.58. The molecule has 6 heteroatoms. The van der Waals surface area contributed by atoms with Gasteiger partial charge in [0.1, 0.15) is 16.9 Å². The normalized spacial score (nSPS) is 15.0. The molecule has 0 saturated carbocycles. The van der Waals surface area contributed by atoms with Gasteiger partial charge in [-0.05, 0) is 22.4 Å². The fourth-order valence-electron chi connectivity index (χ4n) is 2.55. The first-order chi connectivity index (χ1) is 10.5. The van der Waals surface area contributed by atoms with Crippen molar-refractivity contribution in [1.82, 2.24) is 9.80 Å². The second-order valence-corrected chi connectivity index (χ2v) is 5.91. The van der Waals surface area contributed by atoms with E-state index in [9.17, 15) is 4.79 Å². The minimum Gasteiger partial charge on any atom is -0.480 e. The summed E-state index contributed by atoms with van der Waals surface area (Å²) in [7, 11) is 0. The van der Waals surface area contributed by atoms with Gasteiger partial charge in [0.2, 0.25) is 0 Å². The molecule has 0 aliphatic carbocycles. The number of benzene rings is 2. The van der Waals surface area contributed by atoms with E-state index < -0.39 is 5.97 Å². The predicted octanol–water partition coefficient (Wildman–Crippen LogP) is 3.60. The molecule has 1 heterocycles. The first kappa shape index (κ1) is 15.0. The maximum Gasteiger partial charge on any atom is 0.323 e. The highest BCUT2D eigenvalue weighted by Gasteiger charge is 2.28. The van der Waals surface area contributed by atoms with Gasteiger partial charge in [0.25, 0.3) is 0 Å². The number of carbonyl (C=O) groups is 1. The van der Waals surface area contributed by atoms with Gasteiger partial charge in [-0.3, -0.25) is 4.79 Å². The third-order valence-corrected chi connectivity index (χ3v) is 4.51. The molecular weight excluding hydrogens is 323 g/mol. The lowest BCUT2D eigenvalue weighted by Crippen LogP contribution is -2.30. The number of halogens is 2. The van der Waals surface area contributed by atoms with Gasteiger partial charge in [-0.25, -0.2) is 0 Å². The molecule has 22 heavy (non-hydrogen) atoms. The Balaban J connectivity index is 1.79. The molecule has 1 aliphatic heterocycles. The van der Waals surface area contributed by atoms with Crippen LogP contribution in [-0.4, -0.2) is 34.1 Å². The Morgan fingerprint density at radius 2 is 1.73 bits per heavy atom. The van der Waals surface area contributed by atoms with Crippen LogP contribution < -0.4 is 0 Å². The summed E-state index contributed by atoms with van der Waals surface area (Å²) in [5.41, 5.74) is 1.10. The number of fused-ring (bicyclic) bond motifs is 1. The molecule has 0 atom stereocenters. The highest BCUT2D eigenvalue weighted by atomic mass is 35.5. The topological polar surface area (TPSA) is 43.8 Å². The lowest BCUT2D eigenvalue weighted by Gasteiger charge is -2.21. The second-order valence-electron chi connectivity index (χ2n) is 5.19. The number of nitrogens with zero attached hydrogens (tertiary/aromatic N) is 2. The van der Waals surface area contributed by atoms with Gasteiger partial charge in [0.05, 0.1) is 6.67 Å². The maximum atomic E-state index is 10.8. The first-order valence-corrected chi connectivity index (χ1v) is 7.55. The molecule has 2 aromatic carbocycles. The summed E-state index contributed by atoms with van der Waals surface area (Å²) in [6, 6.07) is 14.3. The van der Waals surface area contributed by atoms with E-state index in [1.807, 2.05) is 23.1 Å². The van der Waals surface area contributed by atoms with Crippen LogP contribution in [0.15, 0.2) is 52.8 Å². The Labute approximate surface area is 138 Å². The van der Waals surface area contributed by atoms with Gasteiger partial charge < -0.3 is 14.9 Å². The zero-order chi connectivity index (χ0) is 15.7. The molecule has 1 N–H and O–H groups in total. The van der Waals surface area contributed by atoms with E-state index in [0.29, 0.717) is 18.4 Å². The minimum absolute atomic E-state index is 0.163.